The zero-order valence-electron chi connectivity index (χ0n) is 21.0. The van der Waals surface area contributed by atoms with Crippen LogP contribution in [0.3, 0.4) is 0 Å². The Morgan fingerprint density at radius 1 is 1.03 bits per heavy atom. The van der Waals surface area contributed by atoms with E-state index in [9.17, 15) is 4.79 Å². The second kappa shape index (κ2) is 8.77. The Kier molecular flexibility index (Phi) is 5.54. The molecule has 4 saturated carbocycles. The number of hydrogen-bond donors (Lipinski definition) is 2. The molecule has 5 heteroatoms. The van der Waals surface area contributed by atoms with Crippen LogP contribution < -0.4 is 5.43 Å². The molecule has 2 aliphatic heterocycles. The normalized spacial score (nSPS) is 32.9. The molecule has 2 aromatic rings. The Hall–Kier alpha value is -2.11. The summed E-state index contributed by atoms with van der Waals surface area (Å²) in [5.74, 6) is 2.75. The first-order valence-corrected chi connectivity index (χ1v) is 14.2. The first-order chi connectivity index (χ1) is 17.1. The monoisotopic (exact) mass is 472 g/mol. The van der Waals surface area contributed by atoms with E-state index < -0.39 is 0 Å². The largest absolute Gasteiger partial charge is 0.361 e. The summed E-state index contributed by atoms with van der Waals surface area (Å²) < 4.78 is 0. The van der Waals surface area contributed by atoms with Crippen LogP contribution in [0, 0.1) is 23.2 Å². The molecule has 3 heterocycles. The molecule has 35 heavy (non-hydrogen) atoms. The third kappa shape index (κ3) is 4.15. The highest BCUT2D eigenvalue weighted by atomic mass is 16.2. The van der Waals surface area contributed by atoms with Gasteiger partial charge in [0.05, 0.1) is 5.41 Å². The average Bonchev–Trinajstić information content (AvgIpc) is 3.52. The molecule has 1 saturated heterocycles. The number of H-pyrrole nitrogens is 1. The number of aromatic nitrogens is 1. The van der Waals surface area contributed by atoms with Crippen molar-refractivity contribution < 1.29 is 4.79 Å². The summed E-state index contributed by atoms with van der Waals surface area (Å²) in [5, 5.41) is 3.54. The van der Waals surface area contributed by atoms with Crippen LogP contribution in [0.1, 0.15) is 68.9 Å². The van der Waals surface area contributed by atoms with Crippen molar-refractivity contribution in [1.82, 2.24) is 20.3 Å². The van der Waals surface area contributed by atoms with Crippen LogP contribution in [0.25, 0.3) is 16.5 Å². The van der Waals surface area contributed by atoms with Crippen molar-refractivity contribution in [2.24, 2.45) is 23.2 Å². The molecule has 4 bridgehead atoms. The fraction of sp³-hybridized carbons (Fsp3) is 0.633. The maximum atomic E-state index is 13.4. The summed E-state index contributed by atoms with van der Waals surface area (Å²) in [5.41, 5.74) is 8.74. The SMILES string of the molecule is O=C(NN1CC=C(c2ccc3[nH]cc(CCN4CCCC4)c3c2)CC1)C12CC3CC(CC(C3)C1)C2. The van der Waals surface area contributed by atoms with Crippen molar-refractivity contribution in [2.75, 3.05) is 32.7 Å². The van der Waals surface area contributed by atoms with Crippen LogP contribution in [0.15, 0.2) is 30.5 Å². The van der Waals surface area contributed by atoms with Crippen LogP contribution in [-0.4, -0.2) is 53.5 Å². The van der Waals surface area contributed by atoms with Crippen molar-refractivity contribution in [3.63, 3.8) is 0 Å². The Morgan fingerprint density at radius 2 is 1.77 bits per heavy atom. The minimum Gasteiger partial charge on any atom is -0.361 e. The number of carbonyl (C=O) groups is 1. The van der Waals surface area contributed by atoms with Crippen LogP contribution in [0.5, 0.6) is 0 Å². The Morgan fingerprint density at radius 3 is 2.46 bits per heavy atom. The quantitative estimate of drug-likeness (QED) is 0.612. The maximum absolute atomic E-state index is 13.4. The van der Waals surface area contributed by atoms with E-state index in [-0.39, 0.29) is 5.41 Å². The lowest BCUT2D eigenvalue weighted by Crippen LogP contribution is -2.57. The molecule has 0 radical (unpaired) electrons. The molecule has 8 rings (SSSR count). The lowest BCUT2D eigenvalue weighted by Gasteiger charge is -2.55. The molecule has 1 aromatic carbocycles. The van der Waals surface area contributed by atoms with Gasteiger partial charge in [0.1, 0.15) is 0 Å². The lowest BCUT2D eigenvalue weighted by atomic mass is 9.49. The number of aromatic amines is 1. The molecule has 5 nitrogen and oxygen atoms in total. The highest BCUT2D eigenvalue weighted by Gasteiger charge is 2.54. The molecule has 0 spiro atoms. The second-order valence-corrected chi connectivity index (χ2v) is 12.4. The van der Waals surface area contributed by atoms with Gasteiger partial charge in [-0.3, -0.25) is 10.2 Å². The Balaban J connectivity index is 1.01. The highest BCUT2D eigenvalue weighted by molar-refractivity contribution is 5.87. The van der Waals surface area contributed by atoms with Crippen molar-refractivity contribution in [1.29, 1.82) is 0 Å². The molecule has 0 atom stereocenters. The highest BCUT2D eigenvalue weighted by Crippen LogP contribution is 2.60. The molecule has 0 unspecified atom stereocenters. The zero-order chi connectivity index (χ0) is 23.4. The fourth-order valence-corrected chi connectivity index (χ4v) is 8.55. The van der Waals surface area contributed by atoms with E-state index >= 15 is 0 Å². The third-order valence-corrected chi connectivity index (χ3v) is 10.0. The second-order valence-electron chi connectivity index (χ2n) is 12.4. The van der Waals surface area contributed by atoms with Gasteiger partial charge in [0, 0.05) is 36.7 Å². The molecular formula is C30H40N4O. The molecular weight excluding hydrogens is 432 g/mol. The van der Waals surface area contributed by atoms with Gasteiger partial charge in [0.25, 0.3) is 0 Å². The summed E-state index contributed by atoms with van der Waals surface area (Å²) in [6, 6.07) is 6.89. The van der Waals surface area contributed by atoms with E-state index in [1.807, 2.05) is 0 Å². The van der Waals surface area contributed by atoms with Crippen LogP contribution in [0.4, 0.5) is 0 Å². The van der Waals surface area contributed by atoms with Gasteiger partial charge in [0.15, 0.2) is 0 Å². The topological polar surface area (TPSA) is 51.4 Å². The number of nitrogens with one attached hydrogen (secondary N) is 2. The summed E-state index contributed by atoms with van der Waals surface area (Å²) >= 11 is 0. The van der Waals surface area contributed by atoms with Crippen LogP contribution >= 0.6 is 0 Å². The van der Waals surface area contributed by atoms with E-state index in [2.05, 4.69) is 50.8 Å². The van der Waals surface area contributed by atoms with E-state index in [1.54, 1.807) is 0 Å². The molecule has 1 amide bonds. The molecule has 6 aliphatic rings. The number of nitrogens with zero attached hydrogens (tertiary/aromatic N) is 2. The predicted molar refractivity (Wildman–Crippen MR) is 141 cm³/mol. The minimum atomic E-state index is -0.0659. The molecule has 186 valence electrons. The van der Waals surface area contributed by atoms with Crippen molar-refractivity contribution in [2.45, 2.75) is 64.2 Å². The molecule has 1 aromatic heterocycles. The lowest BCUT2D eigenvalue weighted by molar-refractivity contribution is -0.151. The number of hydrogen-bond acceptors (Lipinski definition) is 3. The first-order valence-electron chi connectivity index (χ1n) is 14.2. The number of fused-ring (bicyclic) bond motifs is 1. The fourth-order valence-electron chi connectivity index (χ4n) is 8.55. The van der Waals surface area contributed by atoms with Crippen LogP contribution in [0.2, 0.25) is 0 Å². The summed E-state index contributed by atoms with van der Waals surface area (Å²) in [4.78, 5) is 19.5. The van der Waals surface area contributed by atoms with Gasteiger partial charge in [-0.2, -0.15) is 0 Å². The maximum Gasteiger partial charge on any atom is 0.240 e. The van der Waals surface area contributed by atoms with E-state index in [0.29, 0.717) is 5.91 Å². The van der Waals surface area contributed by atoms with Crippen molar-refractivity contribution in [3.05, 3.63) is 41.6 Å². The average molecular weight is 473 g/mol. The smallest absolute Gasteiger partial charge is 0.240 e. The standard InChI is InChI=1S/C30H40N4O/c35-29(30-17-21-13-22(18-30)15-23(14-21)19-30)32-34-11-6-24(7-12-34)25-3-4-28-27(16-25)26(20-31-28)5-10-33-8-1-2-9-33/h3-4,6,16,20-23,31H,1-2,5,7-15,17-19H2,(H,32,35). The molecule has 2 N–H and O–H groups in total. The van der Waals surface area contributed by atoms with Gasteiger partial charge in [-0.25, -0.2) is 5.01 Å². The molecule has 4 aliphatic carbocycles. The van der Waals surface area contributed by atoms with E-state index in [1.165, 1.54) is 72.8 Å². The minimum absolute atomic E-state index is 0.0659. The Bertz CT molecular complexity index is 1110. The number of likely N-dealkylation sites (tertiary alicyclic amines) is 1. The predicted octanol–water partition coefficient (Wildman–Crippen LogP) is 5.14. The van der Waals surface area contributed by atoms with Gasteiger partial charge >= 0.3 is 0 Å². The van der Waals surface area contributed by atoms with Gasteiger partial charge in [-0.05, 0) is 124 Å². The first kappa shape index (κ1) is 22.1. The zero-order valence-corrected chi connectivity index (χ0v) is 21.0. The number of carbonyl (C=O) groups excluding carboxylic acids is 1. The van der Waals surface area contributed by atoms with Crippen molar-refractivity contribution in [3.8, 4) is 0 Å². The molecule has 5 fully saturated rings. The summed E-state index contributed by atoms with van der Waals surface area (Å²) in [6.45, 7) is 5.39. The third-order valence-electron chi connectivity index (χ3n) is 10.0. The number of rotatable bonds is 6. The van der Waals surface area contributed by atoms with Gasteiger partial charge in [-0.1, -0.05) is 12.1 Å². The van der Waals surface area contributed by atoms with Gasteiger partial charge in [0.2, 0.25) is 5.91 Å². The van der Waals surface area contributed by atoms with E-state index in [0.717, 1.165) is 69.5 Å². The number of hydrazine groups is 1. The number of benzene rings is 1. The van der Waals surface area contributed by atoms with E-state index in [4.69, 9.17) is 0 Å². The Labute approximate surface area is 209 Å². The van der Waals surface area contributed by atoms with Crippen LogP contribution in [-0.2, 0) is 11.2 Å². The summed E-state index contributed by atoms with van der Waals surface area (Å²) in [6.07, 6.45) is 16.9. The number of amides is 1. The summed E-state index contributed by atoms with van der Waals surface area (Å²) in [7, 11) is 0. The van der Waals surface area contributed by atoms with Gasteiger partial charge < -0.3 is 9.88 Å². The van der Waals surface area contributed by atoms with Crippen molar-refractivity contribution >= 4 is 22.4 Å². The van der Waals surface area contributed by atoms with Gasteiger partial charge in [-0.15, -0.1) is 0 Å².